The first-order valence-electron chi connectivity index (χ1n) is 5.63. The minimum absolute atomic E-state index is 0.0693. The molecule has 0 amide bonds. The van der Waals surface area contributed by atoms with Crippen LogP contribution in [-0.4, -0.2) is 47.1 Å². The van der Waals surface area contributed by atoms with Crippen LogP contribution in [0.1, 0.15) is 26.2 Å². The van der Waals surface area contributed by atoms with Gasteiger partial charge in [0, 0.05) is 6.04 Å². The third-order valence-electron chi connectivity index (χ3n) is 2.99. The van der Waals surface area contributed by atoms with Gasteiger partial charge in [0.15, 0.2) is 5.96 Å². The topological polar surface area (TPSA) is 102 Å². The number of rotatable bonds is 4. The first-order valence-corrected chi connectivity index (χ1v) is 5.63. The van der Waals surface area contributed by atoms with Crippen molar-refractivity contribution >= 4 is 11.9 Å². The molecular formula is C10H20N4O2. The van der Waals surface area contributed by atoms with E-state index in [-0.39, 0.29) is 12.0 Å². The van der Waals surface area contributed by atoms with E-state index in [9.17, 15) is 4.79 Å². The summed E-state index contributed by atoms with van der Waals surface area (Å²) in [5, 5.41) is 19.9. The lowest BCUT2D eigenvalue weighted by atomic mass is 10.0. The highest BCUT2D eigenvalue weighted by Gasteiger charge is 2.31. The van der Waals surface area contributed by atoms with E-state index in [0.29, 0.717) is 6.42 Å². The van der Waals surface area contributed by atoms with E-state index in [1.807, 2.05) is 0 Å². The maximum Gasteiger partial charge on any atom is 0.326 e. The van der Waals surface area contributed by atoms with Crippen LogP contribution in [0, 0.1) is 5.41 Å². The predicted molar refractivity (Wildman–Crippen MR) is 61.4 cm³/mol. The molecule has 0 spiro atoms. The monoisotopic (exact) mass is 228 g/mol. The Bertz CT molecular complexity index is 264. The lowest BCUT2D eigenvalue weighted by Gasteiger charge is -2.38. The Hall–Kier alpha value is -1.30. The second-order valence-electron chi connectivity index (χ2n) is 4.04. The maximum atomic E-state index is 11.1. The van der Waals surface area contributed by atoms with Crippen LogP contribution < -0.4 is 11.1 Å². The molecule has 1 aliphatic heterocycles. The number of carbonyl (C=O) groups is 1. The summed E-state index contributed by atoms with van der Waals surface area (Å²) >= 11 is 0. The van der Waals surface area contributed by atoms with E-state index >= 15 is 0 Å². The number of piperidine rings is 1. The number of aliphatic carboxylic acids is 1. The molecule has 1 rings (SSSR count). The minimum Gasteiger partial charge on any atom is -0.480 e. The van der Waals surface area contributed by atoms with E-state index < -0.39 is 12.0 Å². The fourth-order valence-corrected chi connectivity index (χ4v) is 2.19. The molecule has 5 N–H and O–H groups in total. The highest BCUT2D eigenvalue weighted by Crippen LogP contribution is 2.16. The van der Waals surface area contributed by atoms with Crippen molar-refractivity contribution in [3.63, 3.8) is 0 Å². The first kappa shape index (κ1) is 12.8. The molecule has 0 radical (unpaired) electrons. The molecule has 0 aromatic carbocycles. The van der Waals surface area contributed by atoms with Gasteiger partial charge in [0.1, 0.15) is 6.04 Å². The van der Waals surface area contributed by atoms with Gasteiger partial charge in [-0.05, 0) is 32.4 Å². The Kier molecular flexibility index (Phi) is 4.54. The smallest absolute Gasteiger partial charge is 0.326 e. The minimum atomic E-state index is -0.906. The average molecular weight is 228 g/mol. The Morgan fingerprint density at radius 2 is 2.19 bits per heavy atom. The van der Waals surface area contributed by atoms with Crippen LogP contribution in [0.5, 0.6) is 0 Å². The largest absolute Gasteiger partial charge is 0.480 e. The number of carboxylic acids is 1. The van der Waals surface area contributed by atoms with E-state index in [2.05, 4.69) is 5.32 Å². The summed E-state index contributed by atoms with van der Waals surface area (Å²) in [5.74, 6) is -1.04. The van der Waals surface area contributed by atoms with Gasteiger partial charge in [0.05, 0.1) is 0 Å². The Morgan fingerprint density at radius 1 is 1.62 bits per heavy atom. The molecule has 1 heterocycles. The van der Waals surface area contributed by atoms with Crippen LogP contribution in [0.2, 0.25) is 0 Å². The average Bonchev–Trinajstić information content (AvgIpc) is 2.25. The molecule has 92 valence electrons. The zero-order valence-corrected chi connectivity index (χ0v) is 9.57. The van der Waals surface area contributed by atoms with Crippen LogP contribution >= 0.6 is 0 Å². The number of carboxylic acid groups (broad SMARTS) is 1. The van der Waals surface area contributed by atoms with Crippen LogP contribution in [0.15, 0.2) is 0 Å². The molecule has 6 nitrogen and oxygen atoms in total. The quantitative estimate of drug-likeness (QED) is 0.394. The Balaban J connectivity index is 2.79. The summed E-state index contributed by atoms with van der Waals surface area (Å²) in [6.45, 7) is 3.50. The van der Waals surface area contributed by atoms with E-state index in [1.165, 1.54) is 0 Å². The Labute approximate surface area is 95.3 Å². The lowest BCUT2D eigenvalue weighted by molar-refractivity contribution is -0.142. The van der Waals surface area contributed by atoms with E-state index in [4.69, 9.17) is 16.2 Å². The third kappa shape index (κ3) is 2.85. The van der Waals surface area contributed by atoms with Crippen LogP contribution in [-0.2, 0) is 4.79 Å². The van der Waals surface area contributed by atoms with Crippen molar-refractivity contribution in [2.24, 2.45) is 5.73 Å². The lowest BCUT2D eigenvalue weighted by Crippen LogP contribution is -2.55. The highest BCUT2D eigenvalue weighted by molar-refractivity contribution is 5.83. The van der Waals surface area contributed by atoms with E-state index in [1.54, 1.807) is 11.8 Å². The zero-order chi connectivity index (χ0) is 12.1. The van der Waals surface area contributed by atoms with Gasteiger partial charge < -0.3 is 21.1 Å². The molecule has 16 heavy (non-hydrogen) atoms. The van der Waals surface area contributed by atoms with Crippen LogP contribution in [0.3, 0.4) is 0 Å². The molecule has 0 saturated carbocycles. The van der Waals surface area contributed by atoms with Crippen molar-refractivity contribution in [1.29, 1.82) is 5.41 Å². The Morgan fingerprint density at radius 3 is 2.56 bits per heavy atom. The van der Waals surface area contributed by atoms with Gasteiger partial charge in [-0.25, -0.2) is 4.79 Å². The normalized spacial score (nSPS) is 19.1. The van der Waals surface area contributed by atoms with Gasteiger partial charge in [-0.15, -0.1) is 0 Å². The molecule has 0 bridgehead atoms. The van der Waals surface area contributed by atoms with E-state index in [0.717, 1.165) is 25.9 Å². The summed E-state index contributed by atoms with van der Waals surface area (Å²) in [6.07, 6.45) is 2.13. The van der Waals surface area contributed by atoms with Crippen molar-refractivity contribution < 1.29 is 9.90 Å². The summed E-state index contributed by atoms with van der Waals surface area (Å²) in [6, 6.07) is -0.611. The second-order valence-corrected chi connectivity index (χ2v) is 4.04. The number of nitrogens with two attached hydrogens (primary N) is 1. The molecule has 1 atom stereocenters. The standard InChI is InChI=1S/C10H20N4O2/c1-2-8(9(15)16)14(10(11)12)7-3-5-13-6-4-7/h7-8,13H,2-6H2,1H3,(H3,11,12)(H,15,16)/t8-/m0/s1. The van der Waals surface area contributed by atoms with Crippen molar-refractivity contribution in [1.82, 2.24) is 10.2 Å². The van der Waals surface area contributed by atoms with Crippen molar-refractivity contribution in [2.45, 2.75) is 38.3 Å². The van der Waals surface area contributed by atoms with Gasteiger partial charge in [-0.3, -0.25) is 5.41 Å². The van der Waals surface area contributed by atoms with Gasteiger partial charge in [-0.1, -0.05) is 6.92 Å². The van der Waals surface area contributed by atoms with Crippen molar-refractivity contribution in [2.75, 3.05) is 13.1 Å². The SMILES string of the molecule is CC[C@@H](C(=O)O)N(C(=N)N)C1CCNCC1. The summed E-state index contributed by atoms with van der Waals surface area (Å²) in [4.78, 5) is 12.7. The van der Waals surface area contributed by atoms with Crippen LogP contribution in [0.4, 0.5) is 0 Å². The van der Waals surface area contributed by atoms with Crippen molar-refractivity contribution in [3.05, 3.63) is 0 Å². The fourth-order valence-electron chi connectivity index (χ4n) is 2.19. The van der Waals surface area contributed by atoms with Crippen LogP contribution in [0.25, 0.3) is 0 Å². The molecule has 0 aliphatic carbocycles. The second kappa shape index (κ2) is 5.69. The van der Waals surface area contributed by atoms with Gasteiger partial charge in [0.25, 0.3) is 0 Å². The number of hydrogen-bond acceptors (Lipinski definition) is 3. The molecule has 1 fully saturated rings. The van der Waals surface area contributed by atoms with Crippen molar-refractivity contribution in [3.8, 4) is 0 Å². The van der Waals surface area contributed by atoms with Gasteiger partial charge in [0.2, 0.25) is 0 Å². The molecular weight excluding hydrogens is 208 g/mol. The van der Waals surface area contributed by atoms with Gasteiger partial charge >= 0.3 is 5.97 Å². The zero-order valence-electron chi connectivity index (χ0n) is 9.57. The fraction of sp³-hybridized carbons (Fsp3) is 0.800. The number of guanidine groups is 1. The third-order valence-corrected chi connectivity index (χ3v) is 2.99. The summed E-state index contributed by atoms with van der Waals surface area (Å²) < 4.78 is 0. The summed E-state index contributed by atoms with van der Waals surface area (Å²) in [7, 11) is 0. The molecule has 1 aliphatic rings. The molecule has 1 saturated heterocycles. The molecule has 0 unspecified atom stereocenters. The number of nitrogens with zero attached hydrogens (tertiary/aromatic N) is 1. The molecule has 0 aromatic heterocycles. The molecule has 0 aromatic rings. The first-order chi connectivity index (χ1) is 7.57. The number of nitrogens with one attached hydrogen (secondary N) is 2. The maximum absolute atomic E-state index is 11.1. The predicted octanol–water partition coefficient (Wildman–Crippen LogP) is -0.203. The van der Waals surface area contributed by atoms with Gasteiger partial charge in [-0.2, -0.15) is 0 Å². The highest BCUT2D eigenvalue weighted by atomic mass is 16.4. The molecule has 6 heteroatoms. The number of hydrogen-bond donors (Lipinski definition) is 4. The summed E-state index contributed by atoms with van der Waals surface area (Å²) in [5.41, 5.74) is 5.51.